The van der Waals surface area contributed by atoms with Crippen LogP contribution in [0, 0.1) is 26.3 Å². The molecule has 0 saturated carbocycles. The molecule has 7 heteroatoms. The maximum absolute atomic E-state index is 12.1. The third-order valence-corrected chi connectivity index (χ3v) is 6.18. The second-order valence-electron chi connectivity index (χ2n) is 8.22. The quantitative estimate of drug-likeness (QED) is 0.0948. The molecule has 0 aromatic heterocycles. The molecule has 36 heavy (non-hydrogen) atoms. The molecule has 1 aliphatic carbocycles. The summed E-state index contributed by atoms with van der Waals surface area (Å²) in [5, 5.41) is 16.8. The van der Waals surface area contributed by atoms with E-state index in [1.807, 2.05) is 44.3 Å². The van der Waals surface area contributed by atoms with Crippen molar-refractivity contribution < 1.29 is 14.3 Å². The minimum atomic E-state index is -0.968. The van der Waals surface area contributed by atoms with Crippen LogP contribution in [0.4, 0.5) is 5.69 Å². The molecule has 0 spiro atoms. The summed E-state index contributed by atoms with van der Waals surface area (Å²) in [6, 6.07) is 17.5. The Bertz CT molecular complexity index is 1590. The minimum absolute atomic E-state index is 0.247. The lowest BCUT2D eigenvalue weighted by atomic mass is 9.89. The van der Waals surface area contributed by atoms with Gasteiger partial charge in [-0.3, -0.25) is 0 Å². The first-order valence-corrected chi connectivity index (χ1v) is 11.7. The number of carbonyl (C=O) groups is 1. The highest BCUT2D eigenvalue weighted by Gasteiger charge is 2.23. The second kappa shape index (κ2) is 11.5. The Morgan fingerprint density at radius 2 is 1.86 bits per heavy atom. The first kappa shape index (κ1) is 26.4. The molecule has 2 N–H and O–H groups in total. The molecule has 1 aliphatic heterocycles. The maximum atomic E-state index is 12.1. The molecular weight excluding hydrogens is 470 g/mol. The number of aliphatic imine (C=N–C) groups is 1. The zero-order chi connectivity index (χ0) is 26.4. The van der Waals surface area contributed by atoms with E-state index in [1.54, 1.807) is 19.2 Å². The fraction of sp³-hybridized carbons (Fsp3) is 0.207. The van der Waals surface area contributed by atoms with Crippen LogP contribution >= 0.6 is 12.2 Å². The van der Waals surface area contributed by atoms with E-state index in [9.17, 15) is 9.90 Å². The number of nitrogens with zero attached hydrogens (tertiary/aromatic N) is 2. The van der Waals surface area contributed by atoms with Gasteiger partial charge in [-0.15, -0.1) is 0 Å². The van der Waals surface area contributed by atoms with Crippen molar-refractivity contribution >= 4 is 40.0 Å². The Hall–Kier alpha value is -4.24. The van der Waals surface area contributed by atoms with Gasteiger partial charge in [-0.05, 0) is 62.3 Å². The normalized spacial score (nSPS) is 11.1. The molecular formula is C29H28N3O3S+. The largest absolute Gasteiger partial charge is 0.478 e. The van der Waals surface area contributed by atoms with Crippen molar-refractivity contribution in [1.82, 2.24) is 4.58 Å². The van der Waals surface area contributed by atoms with E-state index in [4.69, 9.17) is 10.8 Å². The number of rotatable bonds is 4. The molecule has 0 fully saturated rings. The fourth-order valence-electron chi connectivity index (χ4n) is 4.16. The van der Waals surface area contributed by atoms with Gasteiger partial charge >= 0.3 is 5.97 Å². The Morgan fingerprint density at radius 3 is 2.47 bits per heavy atom. The summed E-state index contributed by atoms with van der Waals surface area (Å²) in [5.74, 6) is -0.284. The van der Waals surface area contributed by atoms with Crippen molar-refractivity contribution in [3.63, 3.8) is 0 Å². The number of benzene rings is 3. The number of hydrogen-bond acceptors (Lipinski definition) is 5. The lowest BCUT2D eigenvalue weighted by molar-refractivity contribution is 0.0697. The molecule has 0 unspecified atom stereocenters. The van der Waals surface area contributed by atoms with Gasteiger partial charge in [0.2, 0.25) is 5.36 Å². The summed E-state index contributed by atoms with van der Waals surface area (Å²) in [4.78, 5) is 15.4. The van der Waals surface area contributed by atoms with Crippen molar-refractivity contribution in [3.05, 3.63) is 70.6 Å². The molecule has 0 saturated heterocycles. The van der Waals surface area contributed by atoms with Gasteiger partial charge in [-0.1, -0.05) is 24.6 Å². The third-order valence-electron chi connectivity index (χ3n) is 5.99. The number of carboxylic acids is 1. The number of nitrogens with one attached hydrogen (secondary N) is 1. The van der Waals surface area contributed by atoms with Crippen molar-refractivity contribution in [2.24, 2.45) is 4.99 Å². The van der Waals surface area contributed by atoms with Gasteiger partial charge in [0.25, 0.3) is 0 Å². The Kier molecular flexibility index (Phi) is 8.39. The van der Waals surface area contributed by atoms with E-state index in [-0.39, 0.29) is 5.56 Å². The number of carboxylic acid groups (broad SMARTS) is 1. The topological polar surface area (TPSA) is 77.8 Å². The molecule has 1 heterocycles. The Morgan fingerprint density at radius 1 is 1.17 bits per heavy atom. The number of hydrogen-bond donors (Lipinski definition) is 2. The zero-order valence-corrected chi connectivity index (χ0v) is 21.8. The number of terminal acetylenes is 1. The van der Waals surface area contributed by atoms with Gasteiger partial charge in [-0.25, -0.2) is 14.4 Å². The molecule has 0 bridgehead atoms. The number of isothiocyanates is 1. The van der Waals surface area contributed by atoms with Gasteiger partial charge < -0.3 is 14.8 Å². The van der Waals surface area contributed by atoms with Crippen LogP contribution in [0.1, 0.15) is 28.4 Å². The monoisotopic (exact) mass is 498 g/mol. The predicted octanol–water partition coefficient (Wildman–Crippen LogP) is 5.66. The average Bonchev–Trinajstić information content (AvgIpc) is 2.87. The van der Waals surface area contributed by atoms with Gasteiger partial charge in [0, 0.05) is 41.2 Å². The fourth-order valence-corrected chi connectivity index (χ4v) is 4.16. The molecule has 6 nitrogen and oxygen atoms in total. The van der Waals surface area contributed by atoms with Gasteiger partial charge in [0.15, 0.2) is 0 Å². The first-order chi connectivity index (χ1) is 17.3. The minimum Gasteiger partial charge on any atom is -0.478 e. The van der Waals surface area contributed by atoms with Crippen LogP contribution in [0.15, 0.2) is 57.9 Å². The third kappa shape index (κ3) is 5.21. The van der Waals surface area contributed by atoms with Crippen molar-refractivity contribution in [2.45, 2.75) is 20.8 Å². The summed E-state index contributed by atoms with van der Waals surface area (Å²) < 4.78 is 8.51. The van der Waals surface area contributed by atoms with Crippen LogP contribution in [0.25, 0.3) is 33.4 Å². The molecule has 182 valence electrons. The smallest absolute Gasteiger partial charge is 0.336 e. The highest BCUT2D eigenvalue weighted by molar-refractivity contribution is 7.78. The predicted molar refractivity (Wildman–Crippen MR) is 150 cm³/mol. The number of fused-ring (bicyclic) bond motifs is 2. The summed E-state index contributed by atoms with van der Waals surface area (Å²) in [6.45, 7) is 6.96. The van der Waals surface area contributed by atoms with Crippen LogP contribution in [0.2, 0.25) is 0 Å². The molecule has 2 aromatic carbocycles. The van der Waals surface area contributed by atoms with E-state index >= 15 is 0 Å². The van der Waals surface area contributed by atoms with Crippen molar-refractivity contribution in [3.8, 4) is 34.9 Å². The summed E-state index contributed by atoms with van der Waals surface area (Å²) in [5.41, 5.74) is 6.04. The summed E-state index contributed by atoms with van der Waals surface area (Å²) >= 11 is 4.14. The lowest BCUT2D eigenvalue weighted by Crippen LogP contribution is -2.28. The van der Waals surface area contributed by atoms with E-state index in [0.29, 0.717) is 16.9 Å². The van der Waals surface area contributed by atoms with E-state index in [0.717, 1.165) is 45.2 Å². The molecule has 4 rings (SSSR count). The average molecular weight is 499 g/mol. The van der Waals surface area contributed by atoms with Crippen LogP contribution in [0.3, 0.4) is 0 Å². The first-order valence-electron chi connectivity index (χ1n) is 11.3. The number of thiocarbonyl (C=S) groups is 1. The molecule has 2 aromatic rings. The highest BCUT2D eigenvalue weighted by Crippen LogP contribution is 2.42. The Balaban J connectivity index is 0.000000840. The SMILES string of the molecule is C#CNc1cc2oc3cc(=[N+](C)CC)c(C)cc-3c(-c3ccccc3C(=O)O)c2cc1C.CN=C=S. The van der Waals surface area contributed by atoms with Gasteiger partial charge in [-0.2, -0.15) is 0 Å². The van der Waals surface area contributed by atoms with Crippen LogP contribution < -0.4 is 15.2 Å². The molecule has 0 radical (unpaired) electrons. The number of anilines is 1. The molecule has 0 amide bonds. The Labute approximate surface area is 216 Å². The zero-order valence-electron chi connectivity index (χ0n) is 21.0. The summed E-state index contributed by atoms with van der Waals surface area (Å²) in [7, 11) is 3.63. The molecule has 2 aliphatic rings. The van der Waals surface area contributed by atoms with Gasteiger partial charge in [0.1, 0.15) is 24.9 Å². The number of aromatic carboxylic acids is 1. The maximum Gasteiger partial charge on any atom is 0.336 e. The highest BCUT2D eigenvalue weighted by atomic mass is 32.1. The van der Waals surface area contributed by atoms with Gasteiger partial charge in [0.05, 0.1) is 22.5 Å². The standard InChI is InChI=1S/C27H24N2O3.C2H3NS/c1-6-28-22-14-24-20(12-16(22)3)26(18-10-8-9-11-19(18)27(30)31)21-13-17(4)23(29(5)7-2)15-25(21)32-24;1-3-2-4/h1,8-15H,7H2,2-5H3,(H,30,31);1H3/p+1. The van der Waals surface area contributed by atoms with E-state index < -0.39 is 5.97 Å². The van der Waals surface area contributed by atoms with E-state index in [1.165, 1.54) is 0 Å². The van der Waals surface area contributed by atoms with E-state index in [2.05, 4.69) is 58.2 Å². The van der Waals surface area contributed by atoms with Crippen molar-refractivity contribution in [2.75, 3.05) is 26.0 Å². The van der Waals surface area contributed by atoms with Crippen molar-refractivity contribution in [1.29, 1.82) is 0 Å². The van der Waals surface area contributed by atoms with Crippen LogP contribution in [-0.4, -0.2) is 36.9 Å². The summed E-state index contributed by atoms with van der Waals surface area (Å²) in [6.07, 6.45) is 5.46. The molecule has 0 atom stereocenters. The van der Waals surface area contributed by atoms with Crippen LogP contribution in [-0.2, 0) is 0 Å². The second-order valence-corrected chi connectivity index (χ2v) is 8.41. The number of aryl methyl sites for hydroxylation is 2. The lowest BCUT2D eigenvalue weighted by Gasteiger charge is -2.18. The van der Waals surface area contributed by atoms with Crippen LogP contribution in [0.5, 0.6) is 0 Å².